The molecule has 0 radical (unpaired) electrons. The maximum absolute atomic E-state index is 11.3. The van der Waals surface area contributed by atoms with Crippen LogP contribution >= 0.6 is 0 Å². The van der Waals surface area contributed by atoms with Gasteiger partial charge in [-0.2, -0.15) is 0 Å². The highest BCUT2D eigenvalue weighted by Crippen LogP contribution is 2.13. The fourth-order valence-electron chi connectivity index (χ4n) is 1.58. The fraction of sp³-hybridized carbons (Fsp3) is 0.889. The van der Waals surface area contributed by atoms with Gasteiger partial charge in [-0.15, -0.1) is 0 Å². The monoisotopic (exact) mass is 187 g/mol. The van der Waals surface area contributed by atoms with Crippen molar-refractivity contribution < 1.29 is 14.6 Å². The summed E-state index contributed by atoms with van der Waals surface area (Å²) in [4.78, 5) is 13.1. The van der Waals surface area contributed by atoms with Gasteiger partial charge in [0, 0.05) is 26.1 Å². The van der Waals surface area contributed by atoms with Crippen LogP contribution < -0.4 is 0 Å². The molecule has 1 aliphatic rings. The van der Waals surface area contributed by atoms with Crippen molar-refractivity contribution in [3.05, 3.63) is 0 Å². The number of carbonyl (C=O) groups excluding carboxylic acids is 1. The molecule has 0 aromatic heterocycles. The van der Waals surface area contributed by atoms with E-state index < -0.39 is 0 Å². The van der Waals surface area contributed by atoms with Crippen LogP contribution in [0.25, 0.3) is 0 Å². The maximum Gasteiger partial charge on any atom is 0.224 e. The second-order valence-corrected chi connectivity index (χ2v) is 3.18. The average molecular weight is 187 g/mol. The van der Waals surface area contributed by atoms with E-state index in [9.17, 15) is 4.79 Å². The number of aliphatic hydroxyl groups is 1. The minimum Gasteiger partial charge on any atom is -0.396 e. The summed E-state index contributed by atoms with van der Waals surface area (Å²) < 4.78 is 5.40. The van der Waals surface area contributed by atoms with Crippen LogP contribution in [0.15, 0.2) is 0 Å². The first kappa shape index (κ1) is 10.5. The van der Waals surface area contributed by atoms with Gasteiger partial charge in [0.05, 0.1) is 12.7 Å². The van der Waals surface area contributed by atoms with Crippen LogP contribution in [-0.4, -0.2) is 48.3 Å². The summed E-state index contributed by atoms with van der Waals surface area (Å²) in [7, 11) is 0. The summed E-state index contributed by atoms with van der Waals surface area (Å²) >= 11 is 0. The third-order valence-corrected chi connectivity index (χ3v) is 2.23. The molecular weight excluding hydrogens is 170 g/mol. The van der Waals surface area contributed by atoms with Crippen molar-refractivity contribution >= 4 is 5.91 Å². The molecule has 1 aliphatic heterocycles. The molecule has 0 saturated carbocycles. The summed E-state index contributed by atoms with van der Waals surface area (Å²) in [6.07, 6.45) is 1.36. The fourth-order valence-corrected chi connectivity index (χ4v) is 1.58. The summed E-state index contributed by atoms with van der Waals surface area (Å²) in [5.74, 6) is 0.0321. The van der Waals surface area contributed by atoms with Crippen LogP contribution in [-0.2, 0) is 9.53 Å². The van der Waals surface area contributed by atoms with E-state index in [4.69, 9.17) is 9.84 Å². The minimum absolute atomic E-state index is 0.0321. The quantitative estimate of drug-likeness (QED) is 0.674. The molecule has 13 heavy (non-hydrogen) atoms. The van der Waals surface area contributed by atoms with Crippen molar-refractivity contribution in [2.45, 2.75) is 25.9 Å². The van der Waals surface area contributed by atoms with E-state index in [1.807, 2.05) is 6.92 Å². The smallest absolute Gasteiger partial charge is 0.224 e. The lowest BCUT2D eigenvalue weighted by Gasteiger charge is -2.15. The van der Waals surface area contributed by atoms with Gasteiger partial charge in [-0.1, -0.05) is 0 Å². The normalized spacial score (nSPS) is 22.3. The van der Waals surface area contributed by atoms with E-state index in [2.05, 4.69) is 0 Å². The highest BCUT2D eigenvalue weighted by atomic mass is 16.5. The summed E-state index contributed by atoms with van der Waals surface area (Å²) in [5.41, 5.74) is 0. The van der Waals surface area contributed by atoms with Crippen LogP contribution in [0.4, 0.5) is 0 Å². The number of nitrogens with zero attached hydrogens (tertiary/aromatic N) is 1. The molecule has 0 aliphatic carbocycles. The van der Waals surface area contributed by atoms with E-state index in [1.165, 1.54) is 0 Å². The van der Waals surface area contributed by atoms with Gasteiger partial charge in [-0.3, -0.25) is 4.79 Å². The van der Waals surface area contributed by atoms with Crippen molar-refractivity contribution in [3.8, 4) is 0 Å². The Kier molecular flexibility index (Phi) is 4.18. The predicted octanol–water partition coefficient (Wildman–Crippen LogP) is 0.00620. The number of rotatable bonds is 4. The first-order chi connectivity index (χ1) is 6.27. The van der Waals surface area contributed by atoms with Gasteiger partial charge in [-0.05, 0) is 13.3 Å². The Morgan fingerprint density at radius 1 is 1.69 bits per heavy atom. The number of carbonyl (C=O) groups is 1. The molecule has 0 unspecified atom stereocenters. The van der Waals surface area contributed by atoms with Crippen LogP contribution in [0, 0.1) is 0 Å². The van der Waals surface area contributed by atoms with Gasteiger partial charge >= 0.3 is 0 Å². The van der Waals surface area contributed by atoms with Crippen molar-refractivity contribution in [3.63, 3.8) is 0 Å². The van der Waals surface area contributed by atoms with Gasteiger partial charge in [0.25, 0.3) is 0 Å². The van der Waals surface area contributed by atoms with Crippen LogP contribution in [0.2, 0.25) is 0 Å². The predicted molar refractivity (Wildman–Crippen MR) is 48.3 cm³/mol. The molecule has 0 spiro atoms. The summed E-state index contributed by atoms with van der Waals surface area (Å²) in [6.45, 7) is 4.05. The van der Waals surface area contributed by atoms with Gasteiger partial charge in [-0.25, -0.2) is 0 Å². The lowest BCUT2D eigenvalue weighted by molar-refractivity contribution is -0.131. The molecule has 1 rings (SSSR count). The average Bonchev–Trinajstić information content (AvgIpc) is 2.54. The maximum atomic E-state index is 11.3. The van der Waals surface area contributed by atoms with E-state index in [-0.39, 0.29) is 25.0 Å². The molecule has 0 aromatic carbocycles. The summed E-state index contributed by atoms with van der Waals surface area (Å²) in [6, 6.07) is 0. The van der Waals surface area contributed by atoms with Crippen molar-refractivity contribution in [1.29, 1.82) is 0 Å². The van der Waals surface area contributed by atoms with Gasteiger partial charge < -0.3 is 14.7 Å². The van der Waals surface area contributed by atoms with Gasteiger partial charge in [0.2, 0.25) is 5.91 Å². The number of ether oxygens (including phenoxy) is 1. The third-order valence-electron chi connectivity index (χ3n) is 2.23. The molecule has 1 heterocycles. The molecule has 1 amide bonds. The van der Waals surface area contributed by atoms with E-state index in [0.29, 0.717) is 13.2 Å². The van der Waals surface area contributed by atoms with Gasteiger partial charge in [0.1, 0.15) is 0 Å². The highest BCUT2D eigenvalue weighted by Gasteiger charge is 2.25. The van der Waals surface area contributed by atoms with E-state index >= 15 is 0 Å². The first-order valence-electron chi connectivity index (χ1n) is 4.78. The minimum atomic E-state index is -0.0609. The Balaban J connectivity index is 2.27. The van der Waals surface area contributed by atoms with E-state index in [0.717, 1.165) is 13.0 Å². The van der Waals surface area contributed by atoms with Crippen LogP contribution in [0.3, 0.4) is 0 Å². The Morgan fingerprint density at radius 2 is 2.46 bits per heavy atom. The molecule has 4 heteroatoms. The molecule has 0 bridgehead atoms. The first-order valence-corrected chi connectivity index (χ1v) is 4.78. The lowest BCUT2D eigenvalue weighted by Crippen LogP contribution is -2.30. The SMILES string of the molecule is CCO[C@H]1CCN(C(=O)CCO)C1. The Bertz CT molecular complexity index is 172. The zero-order chi connectivity index (χ0) is 9.68. The van der Waals surface area contributed by atoms with Crippen molar-refractivity contribution in [1.82, 2.24) is 4.90 Å². The molecule has 1 fully saturated rings. The zero-order valence-corrected chi connectivity index (χ0v) is 8.03. The largest absolute Gasteiger partial charge is 0.396 e. The lowest BCUT2D eigenvalue weighted by atomic mass is 10.3. The number of hydrogen-bond donors (Lipinski definition) is 1. The topological polar surface area (TPSA) is 49.8 Å². The second kappa shape index (κ2) is 5.19. The van der Waals surface area contributed by atoms with E-state index in [1.54, 1.807) is 4.90 Å². The third kappa shape index (κ3) is 2.97. The van der Waals surface area contributed by atoms with Crippen molar-refractivity contribution in [2.24, 2.45) is 0 Å². The standard InChI is InChI=1S/C9H17NO3/c1-2-13-8-3-5-10(7-8)9(12)4-6-11/h8,11H,2-7H2,1H3/t8-/m0/s1. The van der Waals surface area contributed by atoms with Gasteiger partial charge in [0.15, 0.2) is 0 Å². The zero-order valence-electron chi connectivity index (χ0n) is 8.03. The molecular formula is C9H17NO3. The number of amides is 1. The molecule has 1 atom stereocenters. The number of aliphatic hydroxyl groups excluding tert-OH is 1. The summed E-state index contributed by atoms with van der Waals surface area (Å²) in [5, 5.41) is 8.59. The molecule has 0 aromatic rings. The van der Waals surface area contributed by atoms with Crippen molar-refractivity contribution in [2.75, 3.05) is 26.3 Å². The molecule has 4 nitrogen and oxygen atoms in total. The molecule has 1 N–H and O–H groups in total. The van der Waals surface area contributed by atoms with Crippen LogP contribution in [0.1, 0.15) is 19.8 Å². The Labute approximate surface area is 78.5 Å². The number of hydrogen-bond acceptors (Lipinski definition) is 3. The molecule has 76 valence electrons. The van der Waals surface area contributed by atoms with Crippen LogP contribution in [0.5, 0.6) is 0 Å². The Hall–Kier alpha value is -0.610. The highest BCUT2D eigenvalue weighted by molar-refractivity contribution is 5.76. The number of likely N-dealkylation sites (tertiary alicyclic amines) is 1. The molecule has 1 saturated heterocycles. The second-order valence-electron chi connectivity index (χ2n) is 3.18. The Morgan fingerprint density at radius 3 is 3.08 bits per heavy atom.